The van der Waals surface area contributed by atoms with Crippen molar-refractivity contribution in [1.82, 2.24) is 19.9 Å². The Hall–Kier alpha value is -2.61. The molecule has 0 aromatic carbocycles. The van der Waals surface area contributed by atoms with Crippen molar-refractivity contribution in [2.75, 3.05) is 36.5 Å². The molecule has 8 heteroatoms. The van der Waals surface area contributed by atoms with Crippen molar-refractivity contribution < 1.29 is 9.53 Å². The number of carbonyl (C=O) groups is 1. The van der Waals surface area contributed by atoms with E-state index in [1.807, 2.05) is 4.90 Å². The van der Waals surface area contributed by atoms with Gasteiger partial charge in [0.15, 0.2) is 0 Å². The molecule has 108 valence electrons. The highest BCUT2D eigenvalue weighted by atomic mass is 16.5. The maximum atomic E-state index is 11.9. The second-order valence-electron chi connectivity index (χ2n) is 4.40. The Balaban J connectivity index is 1.65. The molecule has 1 fully saturated rings. The fraction of sp³-hybridized carbons (Fsp3) is 0.308. The maximum Gasteiger partial charge on any atom is 0.293 e. The Kier molecular flexibility index (Phi) is 3.97. The number of hydrogen-bond donors (Lipinski definition) is 1. The van der Waals surface area contributed by atoms with Gasteiger partial charge in [-0.3, -0.25) is 4.79 Å². The van der Waals surface area contributed by atoms with Gasteiger partial charge in [-0.15, -0.1) is 0 Å². The number of rotatable bonds is 3. The number of nitrogens with one attached hydrogen (secondary N) is 1. The minimum atomic E-state index is -0.390. The third kappa shape index (κ3) is 3.29. The zero-order valence-corrected chi connectivity index (χ0v) is 11.3. The molecule has 2 aromatic rings. The van der Waals surface area contributed by atoms with Crippen LogP contribution in [-0.4, -0.2) is 52.1 Å². The highest BCUT2D eigenvalue weighted by Crippen LogP contribution is 2.12. The number of anilines is 2. The first kappa shape index (κ1) is 13.4. The molecule has 3 rings (SSSR count). The standard InChI is InChI=1S/C13H14N6O2/c20-12(11-14-2-1-3-15-11)18-10-8-16-13(17-9-10)19-4-6-21-7-5-19/h1-3,8-9H,4-7H2,(H,18,20). The summed E-state index contributed by atoms with van der Waals surface area (Å²) in [5.41, 5.74) is 0.504. The van der Waals surface area contributed by atoms with Crippen molar-refractivity contribution in [2.24, 2.45) is 0 Å². The molecule has 3 heterocycles. The summed E-state index contributed by atoms with van der Waals surface area (Å²) in [6.07, 6.45) is 6.16. The molecule has 1 aliphatic rings. The van der Waals surface area contributed by atoms with E-state index in [9.17, 15) is 4.79 Å². The second kappa shape index (κ2) is 6.23. The molecule has 0 saturated carbocycles. The van der Waals surface area contributed by atoms with Crippen LogP contribution in [-0.2, 0) is 4.74 Å². The molecule has 0 unspecified atom stereocenters. The third-order valence-corrected chi connectivity index (χ3v) is 2.96. The quantitative estimate of drug-likeness (QED) is 0.870. The zero-order valence-electron chi connectivity index (χ0n) is 11.3. The largest absolute Gasteiger partial charge is 0.378 e. The van der Waals surface area contributed by atoms with Crippen LogP contribution in [0.1, 0.15) is 10.6 Å². The zero-order chi connectivity index (χ0) is 14.5. The first-order valence-electron chi connectivity index (χ1n) is 6.56. The van der Waals surface area contributed by atoms with Crippen molar-refractivity contribution in [2.45, 2.75) is 0 Å². The summed E-state index contributed by atoms with van der Waals surface area (Å²) >= 11 is 0. The topological polar surface area (TPSA) is 93.1 Å². The van der Waals surface area contributed by atoms with Gasteiger partial charge in [0.1, 0.15) is 0 Å². The molecule has 0 radical (unpaired) electrons. The molecule has 0 atom stereocenters. The van der Waals surface area contributed by atoms with E-state index in [2.05, 4.69) is 25.3 Å². The highest BCUT2D eigenvalue weighted by molar-refractivity contribution is 6.01. The van der Waals surface area contributed by atoms with Crippen LogP contribution < -0.4 is 10.2 Å². The van der Waals surface area contributed by atoms with E-state index in [0.717, 1.165) is 13.1 Å². The van der Waals surface area contributed by atoms with Crippen molar-refractivity contribution in [3.05, 3.63) is 36.7 Å². The minimum Gasteiger partial charge on any atom is -0.378 e. The Bertz CT molecular complexity index is 598. The maximum absolute atomic E-state index is 11.9. The summed E-state index contributed by atoms with van der Waals surface area (Å²) < 4.78 is 5.28. The molecule has 21 heavy (non-hydrogen) atoms. The molecule has 1 N–H and O–H groups in total. The average Bonchev–Trinajstić information content (AvgIpc) is 2.57. The van der Waals surface area contributed by atoms with E-state index >= 15 is 0 Å². The third-order valence-electron chi connectivity index (χ3n) is 2.96. The number of aromatic nitrogens is 4. The van der Waals surface area contributed by atoms with E-state index in [1.54, 1.807) is 18.5 Å². The molecule has 1 amide bonds. The van der Waals surface area contributed by atoms with Gasteiger partial charge in [-0.2, -0.15) is 0 Å². The Morgan fingerprint density at radius 2 is 1.76 bits per heavy atom. The fourth-order valence-electron chi connectivity index (χ4n) is 1.92. The van der Waals surface area contributed by atoms with Crippen LogP contribution in [0.3, 0.4) is 0 Å². The summed E-state index contributed by atoms with van der Waals surface area (Å²) in [7, 11) is 0. The predicted octanol–water partition coefficient (Wildman–Crippen LogP) is 0.355. The smallest absolute Gasteiger partial charge is 0.293 e. The van der Waals surface area contributed by atoms with Gasteiger partial charge in [0.05, 0.1) is 31.3 Å². The van der Waals surface area contributed by atoms with Crippen LogP contribution in [0.2, 0.25) is 0 Å². The lowest BCUT2D eigenvalue weighted by Gasteiger charge is -2.26. The molecule has 8 nitrogen and oxygen atoms in total. The number of ether oxygens (including phenoxy) is 1. The molecule has 0 aliphatic carbocycles. The van der Waals surface area contributed by atoms with Gasteiger partial charge < -0.3 is 15.0 Å². The molecule has 0 spiro atoms. The number of nitrogens with zero attached hydrogens (tertiary/aromatic N) is 5. The normalized spacial score (nSPS) is 14.8. The van der Waals surface area contributed by atoms with Crippen molar-refractivity contribution in [3.8, 4) is 0 Å². The number of amides is 1. The van der Waals surface area contributed by atoms with E-state index in [1.165, 1.54) is 12.4 Å². The summed E-state index contributed by atoms with van der Waals surface area (Å²) in [6, 6.07) is 1.65. The fourth-order valence-corrected chi connectivity index (χ4v) is 1.92. The van der Waals surface area contributed by atoms with Crippen molar-refractivity contribution in [1.29, 1.82) is 0 Å². The monoisotopic (exact) mass is 286 g/mol. The first-order chi connectivity index (χ1) is 10.3. The van der Waals surface area contributed by atoms with E-state index in [-0.39, 0.29) is 5.82 Å². The second-order valence-corrected chi connectivity index (χ2v) is 4.40. The average molecular weight is 286 g/mol. The van der Waals surface area contributed by atoms with Crippen LogP contribution in [0.15, 0.2) is 30.9 Å². The summed E-state index contributed by atoms with van der Waals surface area (Å²) in [4.78, 5) is 30.2. The Labute approximate surface area is 121 Å². The Morgan fingerprint density at radius 3 is 2.43 bits per heavy atom. The summed E-state index contributed by atoms with van der Waals surface area (Å²) in [5, 5.41) is 2.66. The van der Waals surface area contributed by atoms with Crippen molar-refractivity contribution >= 4 is 17.5 Å². The van der Waals surface area contributed by atoms with Crippen LogP contribution >= 0.6 is 0 Å². The SMILES string of the molecule is O=C(Nc1cnc(N2CCOCC2)nc1)c1ncccn1. The van der Waals surface area contributed by atoms with Crippen LogP contribution in [0, 0.1) is 0 Å². The van der Waals surface area contributed by atoms with Gasteiger partial charge in [-0.05, 0) is 6.07 Å². The van der Waals surface area contributed by atoms with Crippen LogP contribution in [0.5, 0.6) is 0 Å². The molecule has 0 bridgehead atoms. The van der Waals surface area contributed by atoms with Gasteiger partial charge in [0.25, 0.3) is 5.91 Å². The Morgan fingerprint density at radius 1 is 1.10 bits per heavy atom. The van der Waals surface area contributed by atoms with Crippen LogP contribution in [0.25, 0.3) is 0 Å². The van der Waals surface area contributed by atoms with Gasteiger partial charge in [0.2, 0.25) is 11.8 Å². The number of hydrogen-bond acceptors (Lipinski definition) is 7. The van der Waals surface area contributed by atoms with E-state index < -0.39 is 5.91 Å². The number of morpholine rings is 1. The summed E-state index contributed by atoms with van der Waals surface area (Å²) in [5.74, 6) is 0.348. The van der Waals surface area contributed by atoms with Gasteiger partial charge in [-0.1, -0.05) is 0 Å². The van der Waals surface area contributed by atoms with Gasteiger partial charge >= 0.3 is 0 Å². The van der Waals surface area contributed by atoms with E-state index in [4.69, 9.17) is 4.74 Å². The van der Waals surface area contributed by atoms with Gasteiger partial charge in [0, 0.05) is 25.5 Å². The lowest BCUT2D eigenvalue weighted by Crippen LogP contribution is -2.37. The van der Waals surface area contributed by atoms with Gasteiger partial charge in [-0.25, -0.2) is 19.9 Å². The molecular weight excluding hydrogens is 272 g/mol. The molecule has 2 aromatic heterocycles. The lowest BCUT2D eigenvalue weighted by molar-refractivity contribution is 0.101. The molecule has 1 saturated heterocycles. The molecular formula is C13H14N6O2. The molecule has 1 aliphatic heterocycles. The lowest BCUT2D eigenvalue weighted by atomic mass is 10.4. The first-order valence-corrected chi connectivity index (χ1v) is 6.56. The predicted molar refractivity (Wildman–Crippen MR) is 75.0 cm³/mol. The minimum absolute atomic E-state index is 0.106. The summed E-state index contributed by atoms with van der Waals surface area (Å²) in [6.45, 7) is 2.88. The van der Waals surface area contributed by atoms with Crippen molar-refractivity contribution in [3.63, 3.8) is 0 Å². The number of carbonyl (C=O) groups excluding carboxylic acids is 1. The van der Waals surface area contributed by atoms with E-state index in [0.29, 0.717) is 24.8 Å². The highest BCUT2D eigenvalue weighted by Gasteiger charge is 2.14. The van der Waals surface area contributed by atoms with Crippen LogP contribution in [0.4, 0.5) is 11.6 Å².